The smallest absolute Gasteiger partial charge is 0.330 e. The number of aromatic amines is 1. The maximum atomic E-state index is 13.4. The molecule has 1 aliphatic rings. The summed E-state index contributed by atoms with van der Waals surface area (Å²) in [7, 11) is 0. The number of nitrogens with one attached hydrogen (secondary N) is 1. The van der Waals surface area contributed by atoms with Crippen LogP contribution in [0.1, 0.15) is 41.8 Å². The zero-order chi connectivity index (χ0) is 24.2. The van der Waals surface area contributed by atoms with Crippen molar-refractivity contribution in [2.45, 2.75) is 52.2 Å². The van der Waals surface area contributed by atoms with E-state index < -0.39 is 11.2 Å². The van der Waals surface area contributed by atoms with Crippen LogP contribution >= 0.6 is 0 Å². The first-order chi connectivity index (χ1) is 16.3. The summed E-state index contributed by atoms with van der Waals surface area (Å²) < 4.78 is 12.2. The highest BCUT2D eigenvalue weighted by Crippen LogP contribution is 2.23. The Morgan fingerprint density at radius 2 is 2.03 bits per heavy atom. The van der Waals surface area contributed by atoms with Crippen molar-refractivity contribution < 1.29 is 14.1 Å². The number of aromatic nitrogens is 3. The number of nitrogens with two attached hydrogens (primary N) is 1. The Morgan fingerprint density at radius 3 is 2.68 bits per heavy atom. The van der Waals surface area contributed by atoms with Crippen molar-refractivity contribution in [2.75, 3.05) is 23.8 Å². The predicted octanol–water partition coefficient (Wildman–Crippen LogP) is 1.92. The van der Waals surface area contributed by atoms with Crippen LogP contribution in [0.25, 0.3) is 0 Å². The zero-order valence-corrected chi connectivity index (χ0v) is 19.4. The van der Waals surface area contributed by atoms with Gasteiger partial charge in [-0.2, -0.15) is 0 Å². The fraction of sp³-hybridized carbons (Fsp3) is 0.417. The number of nitrogens with zero attached hydrogens (tertiary/aromatic N) is 3. The summed E-state index contributed by atoms with van der Waals surface area (Å²) in [5.74, 6) is 0.309. The number of ether oxygens (including phenoxy) is 1. The number of carbonyl (C=O) groups excluding carboxylic acids is 1. The van der Waals surface area contributed by atoms with E-state index >= 15 is 0 Å². The summed E-state index contributed by atoms with van der Waals surface area (Å²) in [5.41, 5.74) is 7.43. The highest BCUT2D eigenvalue weighted by Gasteiger charge is 2.29. The number of hydrogen-bond acceptors (Lipinski definition) is 7. The second-order valence-corrected chi connectivity index (χ2v) is 8.51. The summed E-state index contributed by atoms with van der Waals surface area (Å²) in [6.45, 7) is 4.56. The third kappa shape index (κ3) is 4.96. The van der Waals surface area contributed by atoms with Crippen molar-refractivity contribution in [2.24, 2.45) is 0 Å². The fourth-order valence-corrected chi connectivity index (χ4v) is 4.30. The molecule has 180 valence electrons. The molecule has 3 aromatic rings. The molecule has 2 aromatic heterocycles. The molecule has 1 aliphatic heterocycles. The van der Waals surface area contributed by atoms with E-state index in [1.165, 1.54) is 9.47 Å². The van der Waals surface area contributed by atoms with Gasteiger partial charge in [0.15, 0.2) is 5.69 Å². The van der Waals surface area contributed by atoms with E-state index in [2.05, 4.69) is 10.1 Å². The average Bonchev–Trinajstić information content (AvgIpc) is 3.44. The minimum absolute atomic E-state index is 0.0326. The Balaban J connectivity index is 1.68. The number of amides is 1. The van der Waals surface area contributed by atoms with Gasteiger partial charge in [-0.1, -0.05) is 35.5 Å². The molecular formula is C24H29N5O5. The fourth-order valence-electron chi connectivity index (χ4n) is 4.30. The number of rotatable bonds is 8. The Bertz CT molecular complexity index is 1250. The molecule has 3 heterocycles. The number of nitrogen functional groups attached to an aromatic ring is 1. The van der Waals surface area contributed by atoms with Crippen LogP contribution in [-0.4, -0.2) is 39.9 Å². The highest BCUT2D eigenvalue weighted by atomic mass is 16.5. The maximum absolute atomic E-state index is 13.4. The minimum atomic E-state index is -0.699. The lowest BCUT2D eigenvalue weighted by molar-refractivity contribution is -0.119. The third-order valence-corrected chi connectivity index (χ3v) is 6.15. The van der Waals surface area contributed by atoms with Crippen LogP contribution in [0.3, 0.4) is 0 Å². The van der Waals surface area contributed by atoms with E-state index in [0.29, 0.717) is 18.8 Å². The molecule has 10 nitrogen and oxygen atoms in total. The van der Waals surface area contributed by atoms with Gasteiger partial charge in [-0.05, 0) is 38.7 Å². The lowest BCUT2D eigenvalue weighted by atomic mass is 10.1. The van der Waals surface area contributed by atoms with Crippen LogP contribution < -0.4 is 21.9 Å². The summed E-state index contributed by atoms with van der Waals surface area (Å²) in [6.07, 6.45) is 1.96. The number of anilines is 2. The van der Waals surface area contributed by atoms with Gasteiger partial charge in [0, 0.05) is 18.6 Å². The highest BCUT2D eigenvalue weighted by molar-refractivity contribution is 5.95. The third-order valence-electron chi connectivity index (χ3n) is 6.15. The SMILES string of the molecule is Cc1noc(C)c1CCC(=O)N(CC1CCCO1)c1c(N)n(Cc2ccccc2)c(=O)[nH]c1=O. The van der Waals surface area contributed by atoms with Crippen molar-refractivity contribution in [1.29, 1.82) is 0 Å². The molecular weight excluding hydrogens is 438 g/mol. The van der Waals surface area contributed by atoms with Crippen molar-refractivity contribution in [3.63, 3.8) is 0 Å². The van der Waals surface area contributed by atoms with E-state index in [4.69, 9.17) is 15.0 Å². The monoisotopic (exact) mass is 467 g/mol. The Labute approximate surface area is 196 Å². The molecule has 1 amide bonds. The molecule has 10 heteroatoms. The lowest BCUT2D eigenvalue weighted by Gasteiger charge is -2.27. The molecule has 4 rings (SSSR count). The zero-order valence-electron chi connectivity index (χ0n) is 19.4. The van der Waals surface area contributed by atoms with Crippen LogP contribution in [-0.2, 0) is 22.5 Å². The number of carbonyl (C=O) groups is 1. The largest absolute Gasteiger partial charge is 0.383 e. The molecule has 3 N–H and O–H groups in total. The van der Waals surface area contributed by atoms with Crippen LogP contribution in [0, 0.1) is 13.8 Å². The predicted molar refractivity (Wildman–Crippen MR) is 127 cm³/mol. The Hall–Kier alpha value is -3.66. The lowest BCUT2D eigenvalue weighted by Crippen LogP contribution is -2.44. The second-order valence-electron chi connectivity index (χ2n) is 8.51. The van der Waals surface area contributed by atoms with Crippen molar-refractivity contribution >= 4 is 17.4 Å². The van der Waals surface area contributed by atoms with E-state index in [9.17, 15) is 14.4 Å². The van der Waals surface area contributed by atoms with E-state index in [0.717, 1.165) is 29.7 Å². The van der Waals surface area contributed by atoms with E-state index in [1.54, 1.807) is 6.92 Å². The number of H-pyrrole nitrogens is 1. The quantitative estimate of drug-likeness (QED) is 0.516. The van der Waals surface area contributed by atoms with Crippen molar-refractivity contribution in [3.05, 3.63) is 73.8 Å². The van der Waals surface area contributed by atoms with Crippen LogP contribution in [0.5, 0.6) is 0 Å². The van der Waals surface area contributed by atoms with Gasteiger partial charge in [0.25, 0.3) is 5.56 Å². The average molecular weight is 468 g/mol. The number of aryl methyl sites for hydroxylation is 2. The Kier molecular flexibility index (Phi) is 6.97. The number of hydrogen-bond donors (Lipinski definition) is 2. The van der Waals surface area contributed by atoms with Gasteiger partial charge < -0.3 is 19.9 Å². The van der Waals surface area contributed by atoms with E-state index in [-0.39, 0.29) is 43.0 Å². The second kappa shape index (κ2) is 10.1. The first kappa shape index (κ1) is 23.5. The first-order valence-electron chi connectivity index (χ1n) is 11.4. The van der Waals surface area contributed by atoms with Gasteiger partial charge >= 0.3 is 5.69 Å². The number of benzene rings is 1. The summed E-state index contributed by atoms with van der Waals surface area (Å²) >= 11 is 0. The molecule has 0 spiro atoms. The summed E-state index contributed by atoms with van der Waals surface area (Å²) in [6, 6.07) is 9.29. The molecule has 0 saturated carbocycles. The maximum Gasteiger partial charge on any atom is 0.330 e. The molecule has 0 aliphatic carbocycles. The molecule has 1 atom stereocenters. The van der Waals surface area contributed by atoms with Crippen LogP contribution in [0.15, 0.2) is 44.4 Å². The molecule has 1 fully saturated rings. The molecule has 0 radical (unpaired) electrons. The first-order valence-corrected chi connectivity index (χ1v) is 11.4. The van der Waals surface area contributed by atoms with E-state index in [1.807, 2.05) is 37.3 Å². The standard InChI is InChI=1S/C24H29N5O5/c1-15-19(16(2)34-27-15)10-11-20(30)28(14-18-9-6-12-33-18)21-22(25)29(24(32)26-23(21)31)13-17-7-4-3-5-8-17/h3-5,7-8,18H,6,9-14,25H2,1-2H3,(H,26,31,32). The van der Waals surface area contributed by atoms with Gasteiger partial charge in [-0.15, -0.1) is 0 Å². The van der Waals surface area contributed by atoms with Crippen molar-refractivity contribution in [3.8, 4) is 0 Å². The van der Waals surface area contributed by atoms with Crippen LogP contribution in [0.2, 0.25) is 0 Å². The van der Waals surface area contributed by atoms with Gasteiger partial charge in [-0.3, -0.25) is 19.1 Å². The normalized spacial score (nSPS) is 15.5. The van der Waals surface area contributed by atoms with Crippen LogP contribution in [0.4, 0.5) is 11.5 Å². The molecule has 1 aromatic carbocycles. The van der Waals surface area contributed by atoms with Crippen molar-refractivity contribution in [1.82, 2.24) is 14.7 Å². The topological polar surface area (TPSA) is 136 Å². The summed E-state index contributed by atoms with van der Waals surface area (Å²) in [5, 5.41) is 3.94. The molecule has 1 unspecified atom stereocenters. The van der Waals surface area contributed by atoms with Gasteiger partial charge in [0.05, 0.1) is 24.9 Å². The van der Waals surface area contributed by atoms with Gasteiger partial charge in [0.1, 0.15) is 11.6 Å². The molecule has 0 bridgehead atoms. The van der Waals surface area contributed by atoms with Gasteiger partial charge in [-0.25, -0.2) is 4.79 Å². The van der Waals surface area contributed by atoms with Gasteiger partial charge in [0.2, 0.25) is 5.91 Å². The molecule has 1 saturated heterocycles. The Morgan fingerprint density at radius 1 is 1.26 bits per heavy atom. The summed E-state index contributed by atoms with van der Waals surface area (Å²) in [4.78, 5) is 42.6. The minimum Gasteiger partial charge on any atom is -0.383 e. The molecule has 34 heavy (non-hydrogen) atoms.